The summed E-state index contributed by atoms with van der Waals surface area (Å²) >= 11 is 3.48. The standard InChI is InChI=1S/C22H27BrN2O4/c1-5-16-8-11-20(19(23)12-16)29-14-21(26)25(15(2)22(27)24-3)13-17-6-9-18(28-4)10-7-17/h6-12,15H,5,13-14H2,1-4H3,(H,24,27). The molecule has 2 aromatic carbocycles. The summed E-state index contributed by atoms with van der Waals surface area (Å²) in [4.78, 5) is 26.6. The summed E-state index contributed by atoms with van der Waals surface area (Å²) in [6.45, 7) is 3.90. The Hall–Kier alpha value is -2.54. The molecule has 29 heavy (non-hydrogen) atoms. The van der Waals surface area contributed by atoms with Crippen molar-refractivity contribution in [1.82, 2.24) is 10.2 Å². The second-order valence-corrected chi connectivity index (χ2v) is 7.42. The molecule has 7 heteroatoms. The Morgan fingerprint density at radius 2 is 1.79 bits per heavy atom. The highest BCUT2D eigenvalue weighted by Gasteiger charge is 2.26. The molecule has 1 atom stereocenters. The maximum atomic E-state index is 12.9. The zero-order valence-corrected chi connectivity index (χ0v) is 18.8. The number of halogens is 1. The number of likely N-dealkylation sites (N-methyl/N-ethyl adjacent to an activating group) is 1. The smallest absolute Gasteiger partial charge is 0.261 e. The van der Waals surface area contributed by atoms with Crippen molar-refractivity contribution < 1.29 is 19.1 Å². The monoisotopic (exact) mass is 462 g/mol. The van der Waals surface area contributed by atoms with Crippen LogP contribution in [0.15, 0.2) is 46.9 Å². The molecule has 0 aliphatic carbocycles. The van der Waals surface area contributed by atoms with E-state index in [2.05, 4.69) is 28.2 Å². The Labute approximate surface area is 180 Å². The number of hydrogen-bond acceptors (Lipinski definition) is 4. The highest BCUT2D eigenvalue weighted by molar-refractivity contribution is 9.10. The van der Waals surface area contributed by atoms with Gasteiger partial charge in [-0.05, 0) is 64.7 Å². The fourth-order valence-corrected chi connectivity index (χ4v) is 3.36. The van der Waals surface area contributed by atoms with Crippen molar-refractivity contribution in [3.63, 3.8) is 0 Å². The predicted octanol–water partition coefficient (Wildman–Crippen LogP) is 3.56. The van der Waals surface area contributed by atoms with Crippen LogP contribution >= 0.6 is 15.9 Å². The Morgan fingerprint density at radius 3 is 2.34 bits per heavy atom. The first-order valence-corrected chi connectivity index (χ1v) is 10.2. The number of ether oxygens (including phenoxy) is 2. The molecule has 0 heterocycles. The zero-order valence-electron chi connectivity index (χ0n) is 17.2. The van der Waals surface area contributed by atoms with E-state index in [1.807, 2.05) is 42.5 Å². The largest absolute Gasteiger partial charge is 0.497 e. The van der Waals surface area contributed by atoms with Crippen LogP contribution in [0.4, 0.5) is 0 Å². The van der Waals surface area contributed by atoms with Gasteiger partial charge in [0.25, 0.3) is 5.91 Å². The third-order valence-corrected chi connectivity index (χ3v) is 5.30. The number of nitrogens with one attached hydrogen (secondary N) is 1. The Balaban J connectivity index is 2.14. The molecule has 0 fully saturated rings. The van der Waals surface area contributed by atoms with Gasteiger partial charge in [-0.15, -0.1) is 0 Å². The SMILES string of the molecule is CCc1ccc(OCC(=O)N(Cc2ccc(OC)cc2)C(C)C(=O)NC)c(Br)c1. The van der Waals surface area contributed by atoms with Gasteiger partial charge in [-0.3, -0.25) is 9.59 Å². The first kappa shape index (κ1) is 22.7. The molecule has 2 aromatic rings. The first-order valence-electron chi connectivity index (χ1n) is 9.44. The minimum absolute atomic E-state index is 0.165. The van der Waals surface area contributed by atoms with Crippen LogP contribution in [0.1, 0.15) is 25.0 Å². The van der Waals surface area contributed by atoms with E-state index in [4.69, 9.17) is 9.47 Å². The molecule has 2 rings (SSSR count). The first-order chi connectivity index (χ1) is 13.9. The maximum absolute atomic E-state index is 12.9. The molecule has 0 saturated heterocycles. The van der Waals surface area contributed by atoms with Crippen LogP contribution in [0.3, 0.4) is 0 Å². The Morgan fingerprint density at radius 1 is 1.14 bits per heavy atom. The van der Waals surface area contributed by atoms with Crippen molar-refractivity contribution >= 4 is 27.7 Å². The van der Waals surface area contributed by atoms with E-state index in [0.29, 0.717) is 5.75 Å². The molecule has 0 aliphatic heterocycles. The second kappa shape index (κ2) is 10.9. The van der Waals surface area contributed by atoms with E-state index >= 15 is 0 Å². The fraction of sp³-hybridized carbons (Fsp3) is 0.364. The Kier molecular flexibility index (Phi) is 8.51. The van der Waals surface area contributed by atoms with Gasteiger partial charge in [-0.1, -0.05) is 25.1 Å². The van der Waals surface area contributed by atoms with Gasteiger partial charge < -0.3 is 19.7 Å². The van der Waals surface area contributed by atoms with E-state index in [-0.39, 0.29) is 25.0 Å². The number of nitrogens with zero attached hydrogens (tertiary/aromatic N) is 1. The number of rotatable bonds is 9. The quantitative estimate of drug-likeness (QED) is 0.618. The molecule has 0 radical (unpaired) electrons. The molecule has 0 aliphatic rings. The van der Waals surface area contributed by atoms with Crippen molar-refractivity contribution in [1.29, 1.82) is 0 Å². The Bertz CT molecular complexity index is 839. The lowest BCUT2D eigenvalue weighted by Gasteiger charge is -2.28. The van der Waals surface area contributed by atoms with E-state index in [1.54, 1.807) is 21.1 Å². The fourth-order valence-electron chi connectivity index (χ4n) is 2.82. The van der Waals surface area contributed by atoms with Crippen molar-refractivity contribution in [2.45, 2.75) is 32.9 Å². The van der Waals surface area contributed by atoms with Crippen LogP contribution < -0.4 is 14.8 Å². The van der Waals surface area contributed by atoms with Gasteiger partial charge in [0.1, 0.15) is 17.5 Å². The molecule has 0 spiro atoms. The van der Waals surface area contributed by atoms with Crippen LogP contribution in [-0.4, -0.2) is 43.5 Å². The molecule has 0 saturated carbocycles. The molecular weight excluding hydrogens is 436 g/mol. The number of amides is 2. The summed E-state index contributed by atoms with van der Waals surface area (Å²) in [5.74, 6) is 0.811. The number of benzene rings is 2. The number of carbonyl (C=O) groups excluding carboxylic acids is 2. The average molecular weight is 463 g/mol. The van der Waals surface area contributed by atoms with E-state index in [9.17, 15) is 9.59 Å². The third kappa shape index (κ3) is 6.22. The van der Waals surface area contributed by atoms with Crippen molar-refractivity contribution in [3.05, 3.63) is 58.1 Å². The number of hydrogen-bond donors (Lipinski definition) is 1. The molecule has 0 aromatic heterocycles. The summed E-state index contributed by atoms with van der Waals surface area (Å²) in [6.07, 6.45) is 0.914. The van der Waals surface area contributed by atoms with E-state index < -0.39 is 6.04 Å². The minimum Gasteiger partial charge on any atom is -0.497 e. The molecule has 2 amide bonds. The average Bonchev–Trinajstić information content (AvgIpc) is 2.75. The van der Waals surface area contributed by atoms with Gasteiger partial charge in [0.05, 0.1) is 11.6 Å². The highest BCUT2D eigenvalue weighted by atomic mass is 79.9. The molecule has 0 bridgehead atoms. The summed E-state index contributed by atoms with van der Waals surface area (Å²) in [7, 11) is 3.15. The van der Waals surface area contributed by atoms with Crippen molar-refractivity contribution in [2.75, 3.05) is 20.8 Å². The predicted molar refractivity (Wildman–Crippen MR) is 116 cm³/mol. The molecule has 1 unspecified atom stereocenters. The number of aryl methyl sites for hydroxylation is 1. The van der Waals surface area contributed by atoms with Crippen molar-refractivity contribution in [2.24, 2.45) is 0 Å². The number of carbonyl (C=O) groups is 2. The summed E-state index contributed by atoms with van der Waals surface area (Å²) in [5.41, 5.74) is 2.06. The topological polar surface area (TPSA) is 67.9 Å². The van der Waals surface area contributed by atoms with Gasteiger partial charge in [0.15, 0.2) is 6.61 Å². The lowest BCUT2D eigenvalue weighted by atomic mass is 10.1. The van der Waals surface area contributed by atoms with Gasteiger partial charge in [-0.2, -0.15) is 0 Å². The number of methoxy groups -OCH3 is 1. The van der Waals surface area contributed by atoms with Gasteiger partial charge in [-0.25, -0.2) is 0 Å². The summed E-state index contributed by atoms with van der Waals surface area (Å²) in [6, 6.07) is 12.5. The molecule has 6 nitrogen and oxygen atoms in total. The molecule has 156 valence electrons. The summed E-state index contributed by atoms with van der Waals surface area (Å²) < 4.78 is 11.7. The lowest BCUT2D eigenvalue weighted by molar-refractivity contribution is -0.142. The van der Waals surface area contributed by atoms with Gasteiger partial charge >= 0.3 is 0 Å². The zero-order chi connectivity index (χ0) is 21.4. The van der Waals surface area contributed by atoms with Gasteiger partial charge in [0, 0.05) is 13.6 Å². The van der Waals surface area contributed by atoms with Crippen LogP contribution in [0.25, 0.3) is 0 Å². The van der Waals surface area contributed by atoms with E-state index in [1.165, 1.54) is 10.5 Å². The van der Waals surface area contributed by atoms with E-state index in [0.717, 1.165) is 22.2 Å². The van der Waals surface area contributed by atoms with Crippen molar-refractivity contribution in [3.8, 4) is 11.5 Å². The normalized spacial score (nSPS) is 11.5. The second-order valence-electron chi connectivity index (χ2n) is 6.57. The van der Waals surface area contributed by atoms with Crippen LogP contribution in [0.5, 0.6) is 11.5 Å². The van der Waals surface area contributed by atoms with Crippen LogP contribution in [0.2, 0.25) is 0 Å². The van der Waals surface area contributed by atoms with Crippen LogP contribution in [0, 0.1) is 0 Å². The minimum atomic E-state index is -0.635. The highest BCUT2D eigenvalue weighted by Crippen LogP contribution is 2.26. The molecular formula is C22H27BrN2O4. The maximum Gasteiger partial charge on any atom is 0.261 e. The van der Waals surface area contributed by atoms with Crippen LogP contribution in [-0.2, 0) is 22.6 Å². The third-order valence-electron chi connectivity index (χ3n) is 4.68. The summed E-state index contributed by atoms with van der Waals surface area (Å²) in [5, 5.41) is 2.60. The van der Waals surface area contributed by atoms with Gasteiger partial charge in [0.2, 0.25) is 5.91 Å². The lowest BCUT2D eigenvalue weighted by Crippen LogP contribution is -2.48. The molecule has 1 N–H and O–H groups in total.